The first-order chi connectivity index (χ1) is 12.6. The Morgan fingerprint density at radius 3 is 2.65 bits per heavy atom. The first-order valence-corrected chi connectivity index (χ1v) is 9.31. The van der Waals surface area contributed by atoms with E-state index in [1.54, 1.807) is 0 Å². The number of aliphatic imine (C=N–C) groups is 1. The summed E-state index contributed by atoms with van der Waals surface area (Å²) in [5.41, 5.74) is 6.46. The lowest BCUT2D eigenvalue weighted by molar-refractivity contribution is 0.258. The molecule has 0 bridgehead atoms. The van der Waals surface area contributed by atoms with Crippen LogP contribution in [0.15, 0.2) is 29.3 Å². The van der Waals surface area contributed by atoms with E-state index in [-0.39, 0.29) is 0 Å². The van der Waals surface area contributed by atoms with E-state index in [4.69, 9.17) is 0 Å². The maximum Gasteiger partial charge on any atom is 0.191 e. The lowest BCUT2D eigenvalue weighted by Gasteiger charge is -2.28. The quantitative estimate of drug-likeness (QED) is 0.635. The Bertz CT molecular complexity index is 777. The highest BCUT2D eigenvalue weighted by atomic mass is 15.3. The number of hydrogen-bond acceptors (Lipinski definition) is 3. The van der Waals surface area contributed by atoms with Crippen LogP contribution in [0.4, 0.5) is 0 Å². The van der Waals surface area contributed by atoms with Crippen LogP contribution < -0.4 is 10.6 Å². The monoisotopic (exact) mass is 354 g/mol. The molecule has 0 radical (unpaired) electrons. The lowest BCUT2D eigenvalue weighted by Crippen LogP contribution is -2.42. The van der Waals surface area contributed by atoms with Crippen molar-refractivity contribution in [3.05, 3.63) is 52.3 Å². The highest BCUT2D eigenvalue weighted by Crippen LogP contribution is 2.17. The first-order valence-electron chi connectivity index (χ1n) is 9.31. The van der Waals surface area contributed by atoms with Gasteiger partial charge in [0.15, 0.2) is 5.96 Å². The van der Waals surface area contributed by atoms with Crippen molar-refractivity contribution in [2.45, 2.75) is 33.4 Å². The van der Waals surface area contributed by atoms with Crippen LogP contribution in [0.5, 0.6) is 0 Å². The van der Waals surface area contributed by atoms with Gasteiger partial charge in [-0.2, -0.15) is 5.10 Å². The number of nitrogens with zero attached hydrogens (tertiary/aromatic N) is 4. The molecule has 2 N–H and O–H groups in total. The topological polar surface area (TPSA) is 57.5 Å². The zero-order valence-corrected chi connectivity index (χ0v) is 16.3. The van der Waals surface area contributed by atoms with Crippen molar-refractivity contribution in [3.8, 4) is 0 Å². The number of aryl methyl sites for hydroxylation is 2. The minimum absolute atomic E-state index is 0.738. The molecule has 140 valence electrons. The van der Waals surface area contributed by atoms with Crippen LogP contribution >= 0.6 is 0 Å². The maximum atomic E-state index is 4.47. The van der Waals surface area contributed by atoms with E-state index < -0.39 is 0 Å². The highest BCUT2D eigenvalue weighted by molar-refractivity contribution is 5.79. The largest absolute Gasteiger partial charge is 0.355 e. The van der Waals surface area contributed by atoms with E-state index in [0.717, 1.165) is 50.8 Å². The number of rotatable bonds is 5. The van der Waals surface area contributed by atoms with Gasteiger partial charge in [-0.25, -0.2) is 0 Å². The molecule has 0 saturated carbocycles. The van der Waals surface area contributed by atoms with Crippen molar-refractivity contribution in [3.63, 3.8) is 0 Å². The summed E-state index contributed by atoms with van der Waals surface area (Å²) >= 11 is 0. The smallest absolute Gasteiger partial charge is 0.191 e. The number of guanidine groups is 1. The zero-order chi connectivity index (χ0) is 18.5. The number of nitrogens with one attached hydrogen (secondary N) is 2. The third-order valence-corrected chi connectivity index (χ3v) is 5.25. The second kappa shape index (κ2) is 8.36. The van der Waals surface area contributed by atoms with Gasteiger partial charge in [-0.15, -0.1) is 0 Å². The molecular formula is C20H30N6. The number of benzene rings is 1. The van der Waals surface area contributed by atoms with Crippen LogP contribution in [0.1, 0.15) is 28.1 Å². The van der Waals surface area contributed by atoms with E-state index >= 15 is 0 Å². The third kappa shape index (κ3) is 4.25. The predicted octanol–water partition coefficient (Wildman–Crippen LogP) is 1.76. The van der Waals surface area contributed by atoms with Gasteiger partial charge in [0, 0.05) is 58.1 Å². The van der Waals surface area contributed by atoms with Crippen molar-refractivity contribution in [1.82, 2.24) is 25.3 Å². The van der Waals surface area contributed by atoms with Gasteiger partial charge >= 0.3 is 0 Å². The average molecular weight is 355 g/mol. The molecule has 6 heteroatoms. The molecule has 0 fully saturated rings. The summed E-state index contributed by atoms with van der Waals surface area (Å²) in [7, 11) is 3.80. The van der Waals surface area contributed by atoms with Gasteiger partial charge in [0.25, 0.3) is 0 Å². The normalized spacial score (nSPS) is 15.0. The van der Waals surface area contributed by atoms with E-state index in [1.807, 2.05) is 25.7 Å². The standard InChI is InChI=1S/C20H30N6/c1-15-19(16(2)25(4)24-15)13-23-20(21-3)22-10-12-26-11-9-17-7-5-6-8-18(17)14-26/h5-8H,9-14H2,1-4H3,(H2,21,22,23). The van der Waals surface area contributed by atoms with Crippen LogP contribution in [-0.4, -0.2) is 47.3 Å². The lowest BCUT2D eigenvalue weighted by atomic mass is 10.00. The second-order valence-electron chi connectivity index (χ2n) is 6.92. The van der Waals surface area contributed by atoms with Gasteiger partial charge < -0.3 is 10.6 Å². The molecule has 0 amide bonds. The van der Waals surface area contributed by atoms with E-state index in [2.05, 4.69) is 56.8 Å². The highest BCUT2D eigenvalue weighted by Gasteiger charge is 2.15. The van der Waals surface area contributed by atoms with Crippen molar-refractivity contribution >= 4 is 5.96 Å². The molecule has 1 aromatic carbocycles. The SMILES string of the molecule is CN=C(NCCN1CCc2ccccc2C1)NCc1c(C)nn(C)c1C. The Morgan fingerprint density at radius 1 is 1.19 bits per heavy atom. The fourth-order valence-electron chi connectivity index (χ4n) is 3.54. The van der Waals surface area contributed by atoms with E-state index in [1.165, 1.54) is 22.4 Å². The molecule has 1 aliphatic heterocycles. The van der Waals surface area contributed by atoms with Crippen molar-refractivity contribution in [2.24, 2.45) is 12.0 Å². The van der Waals surface area contributed by atoms with Gasteiger partial charge in [0.2, 0.25) is 0 Å². The summed E-state index contributed by atoms with van der Waals surface area (Å²) in [4.78, 5) is 6.83. The molecule has 0 atom stereocenters. The summed E-state index contributed by atoms with van der Waals surface area (Å²) in [5.74, 6) is 0.838. The minimum Gasteiger partial charge on any atom is -0.355 e. The molecule has 26 heavy (non-hydrogen) atoms. The van der Waals surface area contributed by atoms with Crippen LogP contribution in [0.2, 0.25) is 0 Å². The van der Waals surface area contributed by atoms with Gasteiger partial charge in [-0.1, -0.05) is 24.3 Å². The Kier molecular flexibility index (Phi) is 5.93. The van der Waals surface area contributed by atoms with Crippen molar-refractivity contribution in [2.75, 3.05) is 26.7 Å². The molecule has 2 aromatic rings. The summed E-state index contributed by atoms with van der Waals surface area (Å²) in [6.45, 7) is 8.95. The predicted molar refractivity (Wildman–Crippen MR) is 106 cm³/mol. The van der Waals surface area contributed by atoms with Crippen molar-refractivity contribution < 1.29 is 0 Å². The number of hydrogen-bond donors (Lipinski definition) is 2. The van der Waals surface area contributed by atoms with Crippen LogP contribution in [0.3, 0.4) is 0 Å². The fourth-order valence-corrected chi connectivity index (χ4v) is 3.54. The Hall–Kier alpha value is -2.34. The number of fused-ring (bicyclic) bond motifs is 1. The third-order valence-electron chi connectivity index (χ3n) is 5.25. The molecule has 0 spiro atoms. The van der Waals surface area contributed by atoms with Crippen molar-refractivity contribution in [1.29, 1.82) is 0 Å². The van der Waals surface area contributed by atoms with E-state index in [9.17, 15) is 0 Å². The Morgan fingerprint density at radius 2 is 1.96 bits per heavy atom. The Balaban J connectivity index is 1.45. The molecule has 2 heterocycles. The summed E-state index contributed by atoms with van der Waals surface area (Å²) in [5, 5.41) is 11.3. The average Bonchev–Trinajstić information content (AvgIpc) is 2.90. The first kappa shape index (κ1) is 18.5. The van der Waals surface area contributed by atoms with Crippen LogP contribution in [-0.2, 0) is 26.6 Å². The molecule has 0 saturated heterocycles. The van der Waals surface area contributed by atoms with Gasteiger partial charge in [0.05, 0.1) is 5.69 Å². The molecular weight excluding hydrogens is 324 g/mol. The van der Waals surface area contributed by atoms with Crippen LogP contribution in [0.25, 0.3) is 0 Å². The van der Waals surface area contributed by atoms with Gasteiger partial charge in [-0.05, 0) is 31.4 Å². The molecule has 1 aliphatic rings. The number of aromatic nitrogens is 2. The molecule has 0 aliphatic carbocycles. The molecule has 1 aromatic heterocycles. The zero-order valence-electron chi connectivity index (χ0n) is 16.3. The molecule has 0 unspecified atom stereocenters. The molecule has 3 rings (SSSR count). The van der Waals surface area contributed by atoms with Crippen LogP contribution in [0, 0.1) is 13.8 Å². The minimum atomic E-state index is 0.738. The summed E-state index contributed by atoms with van der Waals surface area (Å²) < 4.78 is 1.93. The Labute approximate surface area is 156 Å². The summed E-state index contributed by atoms with van der Waals surface area (Å²) in [6, 6.07) is 8.76. The van der Waals surface area contributed by atoms with Gasteiger partial charge in [-0.3, -0.25) is 14.6 Å². The fraction of sp³-hybridized carbons (Fsp3) is 0.500. The molecule has 6 nitrogen and oxygen atoms in total. The summed E-state index contributed by atoms with van der Waals surface area (Å²) in [6.07, 6.45) is 1.14. The van der Waals surface area contributed by atoms with E-state index in [0.29, 0.717) is 0 Å². The van der Waals surface area contributed by atoms with Gasteiger partial charge in [0.1, 0.15) is 0 Å². The second-order valence-corrected chi connectivity index (χ2v) is 6.92. The maximum absolute atomic E-state index is 4.47.